The highest BCUT2D eigenvalue weighted by Crippen LogP contribution is 2.60. The Balaban J connectivity index is 0.891. The first-order valence-corrected chi connectivity index (χ1v) is 23.5. The molecule has 3 aliphatic carbocycles. The monoisotopic (exact) mass is 797 g/mol. The second kappa shape index (κ2) is 21.6. The number of carbonyl (C=O) groups excluding carboxylic acids is 3. The number of allylic oxidation sites excluding steroid dienone is 4. The fraction of sp³-hybridized carbons (Fsp3) is 0.804. The molecule has 2 aliphatic heterocycles. The molecule has 10 heteroatoms. The molecule has 0 bridgehead atoms. The molecule has 8 atom stereocenters. The smallest absolute Gasteiger partial charge is 0.315 e. The Hall–Kier alpha value is -2.30. The van der Waals surface area contributed by atoms with Crippen LogP contribution in [0.4, 0.5) is 4.79 Å². The minimum Gasteiger partial charge on any atom is -0.390 e. The first-order valence-electron chi connectivity index (χ1n) is 22.5. The van der Waals surface area contributed by atoms with Gasteiger partial charge in [0.05, 0.1) is 23.8 Å². The molecule has 3 saturated carbocycles. The molecule has 5 aliphatic rings. The number of aliphatic hydroxyl groups is 1. The van der Waals surface area contributed by atoms with Gasteiger partial charge < -0.3 is 31.1 Å². The van der Waals surface area contributed by atoms with Crippen LogP contribution in [0.2, 0.25) is 0 Å². The number of thioether (sulfide) groups is 1. The zero-order chi connectivity index (χ0) is 40.1. The number of urea groups is 1. The summed E-state index contributed by atoms with van der Waals surface area (Å²) in [4.78, 5) is 36.2. The summed E-state index contributed by atoms with van der Waals surface area (Å²) in [7, 11) is 0. The summed E-state index contributed by atoms with van der Waals surface area (Å²) in [5.74, 6) is 3.31. The Bertz CT molecular complexity index is 1390. The minimum atomic E-state index is -0.565. The maximum atomic E-state index is 12.4. The van der Waals surface area contributed by atoms with E-state index < -0.39 is 5.60 Å². The SMILES string of the molecule is C=C1CC[C@H](OCCCNC(=O)CCCCCNC(=O)CCCCC2SCC3NC(=O)NC32)C/C1=C/C=C1\CCCC2(C)C1CC[C@@H]2C(C)CCCC(C)(C)O. The summed E-state index contributed by atoms with van der Waals surface area (Å²) in [6, 6.07) is 0.431. The van der Waals surface area contributed by atoms with Crippen molar-refractivity contribution in [2.45, 2.75) is 185 Å². The van der Waals surface area contributed by atoms with Gasteiger partial charge in [0.25, 0.3) is 0 Å². The van der Waals surface area contributed by atoms with Gasteiger partial charge in [0.15, 0.2) is 0 Å². The van der Waals surface area contributed by atoms with Crippen LogP contribution in [0.1, 0.15) is 156 Å². The van der Waals surface area contributed by atoms with Crippen LogP contribution in [0.5, 0.6) is 0 Å². The number of carbonyl (C=O) groups is 3. The lowest BCUT2D eigenvalue weighted by atomic mass is 9.60. The number of rotatable bonds is 22. The van der Waals surface area contributed by atoms with Crippen molar-refractivity contribution in [1.82, 2.24) is 21.3 Å². The van der Waals surface area contributed by atoms with Gasteiger partial charge in [-0.1, -0.05) is 69.4 Å². The van der Waals surface area contributed by atoms with E-state index in [1.165, 1.54) is 49.7 Å². The molecule has 316 valence electrons. The summed E-state index contributed by atoms with van der Waals surface area (Å²) < 4.78 is 6.31. The fourth-order valence-corrected chi connectivity index (χ4v) is 12.2. The van der Waals surface area contributed by atoms with Crippen LogP contribution >= 0.6 is 11.8 Å². The van der Waals surface area contributed by atoms with Crippen LogP contribution in [-0.4, -0.2) is 77.4 Å². The van der Waals surface area contributed by atoms with Crippen molar-refractivity contribution >= 4 is 29.6 Å². The predicted molar refractivity (Wildman–Crippen MR) is 229 cm³/mol. The zero-order valence-electron chi connectivity index (χ0n) is 35.4. The molecule has 6 unspecified atom stereocenters. The molecule has 0 aromatic rings. The highest BCUT2D eigenvalue weighted by Gasteiger charge is 2.50. The third-order valence-electron chi connectivity index (χ3n) is 13.8. The normalized spacial score (nSPS) is 30.9. The lowest BCUT2D eigenvalue weighted by Crippen LogP contribution is -2.36. The first kappa shape index (κ1) is 44.8. The molecule has 5 N–H and O–H groups in total. The Morgan fingerprint density at radius 2 is 1.75 bits per heavy atom. The van der Waals surface area contributed by atoms with Gasteiger partial charge in [-0.3, -0.25) is 9.59 Å². The predicted octanol–water partition coefficient (Wildman–Crippen LogP) is 8.67. The Morgan fingerprint density at radius 3 is 2.52 bits per heavy atom. The maximum Gasteiger partial charge on any atom is 0.315 e. The molecule has 0 radical (unpaired) electrons. The van der Waals surface area contributed by atoms with Gasteiger partial charge in [0, 0.05) is 43.5 Å². The molecule has 9 nitrogen and oxygen atoms in total. The summed E-state index contributed by atoms with van der Waals surface area (Å²) >= 11 is 1.92. The van der Waals surface area contributed by atoms with E-state index in [9.17, 15) is 19.5 Å². The average molecular weight is 797 g/mol. The highest BCUT2D eigenvalue weighted by atomic mass is 32.2. The van der Waals surface area contributed by atoms with Crippen LogP contribution in [0.25, 0.3) is 0 Å². The van der Waals surface area contributed by atoms with E-state index in [1.807, 2.05) is 25.6 Å². The lowest BCUT2D eigenvalue weighted by molar-refractivity contribution is -0.122. The van der Waals surface area contributed by atoms with E-state index >= 15 is 0 Å². The Morgan fingerprint density at radius 1 is 1.00 bits per heavy atom. The quantitative estimate of drug-likeness (QED) is 0.0551. The van der Waals surface area contributed by atoms with Gasteiger partial charge in [-0.15, -0.1) is 0 Å². The average Bonchev–Trinajstić information content (AvgIpc) is 3.82. The number of unbranched alkanes of at least 4 members (excludes halogenated alkanes) is 3. The van der Waals surface area contributed by atoms with Gasteiger partial charge in [0.2, 0.25) is 11.8 Å². The van der Waals surface area contributed by atoms with Gasteiger partial charge in [0.1, 0.15) is 0 Å². The van der Waals surface area contributed by atoms with Crippen LogP contribution in [-0.2, 0) is 14.3 Å². The van der Waals surface area contributed by atoms with Crippen LogP contribution in [0, 0.1) is 23.2 Å². The molecule has 2 heterocycles. The van der Waals surface area contributed by atoms with Gasteiger partial charge in [-0.25, -0.2) is 4.79 Å². The van der Waals surface area contributed by atoms with Crippen molar-refractivity contribution < 1.29 is 24.2 Å². The van der Waals surface area contributed by atoms with E-state index in [0.29, 0.717) is 55.0 Å². The standard InChI is InChI=1S/C46H76N4O5S/c1-32-19-22-36(30-35(32)21-20-34-15-12-26-46(5)37(23-24-38(34)46)33(2)14-11-25-45(3,4)54)55-29-13-28-48-41(51)17-7-6-10-27-47-42(52)18-9-8-16-40-43-39(31-56-40)49-44(53)50-43/h20-21,33,36-40,43,54H,1,6-19,22-31H2,2-5H3,(H,47,52)(H,48,51)(H2,49,50,53)/b34-20+,35-21-/t33?,36-,37+,38?,39?,40?,43?,46?/m0/s1. The molecule has 2 saturated heterocycles. The topological polar surface area (TPSA) is 129 Å². The van der Waals surface area contributed by atoms with Crippen molar-refractivity contribution in [2.24, 2.45) is 23.2 Å². The molecular formula is C46H76N4O5S. The Kier molecular flexibility index (Phi) is 17.3. The third kappa shape index (κ3) is 13.4. The second-order valence-corrected chi connectivity index (χ2v) is 20.1. The van der Waals surface area contributed by atoms with Crippen molar-refractivity contribution in [1.29, 1.82) is 0 Å². The largest absolute Gasteiger partial charge is 0.390 e. The molecule has 0 spiro atoms. The van der Waals surface area contributed by atoms with Crippen LogP contribution in [0.3, 0.4) is 0 Å². The maximum absolute atomic E-state index is 12.4. The van der Waals surface area contributed by atoms with Gasteiger partial charge in [-0.05, 0) is 132 Å². The molecule has 5 rings (SSSR count). The van der Waals surface area contributed by atoms with E-state index in [2.05, 4.69) is 53.8 Å². The van der Waals surface area contributed by atoms with E-state index in [4.69, 9.17) is 4.74 Å². The molecular weight excluding hydrogens is 721 g/mol. The number of fused-ring (bicyclic) bond motifs is 2. The van der Waals surface area contributed by atoms with Crippen LogP contribution in [0.15, 0.2) is 35.5 Å². The molecule has 5 fully saturated rings. The van der Waals surface area contributed by atoms with E-state index in [0.717, 1.165) is 88.7 Å². The highest BCUT2D eigenvalue weighted by molar-refractivity contribution is 8.00. The number of nitrogens with one attached hydrogen (secondary N) is 4. The summed E-state index contributed by atoms with van der Waals surface area (Å²) in [6.45, 7) is 15.3. The van der Waals surface area contributed by atoms with Crippen molar-refractivity contribution in [3.63, 3.8) is 0 Å². The van der Waals surface area contributed by atoms with Crippen molar-refractivity contribution in [2.75, 3.05) is 25.4 Å². The second-order valence-electron chi connectivity index (χ2n) is 18.8. The number of amides is 4. The van der Waals surface area contributed by atoms with Crippen molar-refractivity contribution in [3.8, 4) is 0 Å². The van der Waals surface area contributed by atoms with E-state index in [-0.39, 0.29) is 36.0 Å². The fourth-order valence-electron chi connectivity index (χ4n) is 10.6. The molecule has 0 aromatic heterocycles. The summed E-state index contributed by atoms with van der Waals surface area (Å²) in [5, 5.41) is 22.7. The minimum absolute atomic E-state index is 0.0506. The lowest BCUT2D eigenvalue weighted by Gasteiger charge is -2.44. The number of hydrogen-bond acceptors (Lipinski definition) is 6. The summed E-state index contributed by atoms with van der Waals surface area (Å²) in [5.41, 5.74) is 4.06. The number of ether oxygens (including phenoxy) is 1. The van der Waals surface area contributed by atoms with Crippen LogP contribution < -0.4 is 21.3 Å². The number of hydrogen-bond donors (Lipinski definition) is 5. The van der Waals surface area contributed by atoms with Gasteiger partial charge >= 0.3 is 6.03 Å². The Labute approximate surface area is 343 Å². The first-order chi connectivity index (χ1) is 26.8. The molecule has 56 heavy (non-hydrogen) atoms. The third-order valence-corrected chi connectivity index (χ3v) is 15.3. The molecule has 4 amide bonds. The molecule has 0 aromatic carbocycles. The zero-order valence-corrected chi connectivity index (χ0v) is 36.2. The van der Waals surface area contributed by atoms with Gasteiger partial charge in [-0.2, -0.15) is 11.8 Å². The van der Waals surface area contributed by atoms with Crippen molar-refractivity contribution in [3.05, 3.63) is 35.5 Å². The van der Waals surface area contributed by atoms with E-state index in [1.54, 1.807) is 5.57 Å². The summed E-state index contributed by atoms with van der Waals surface area (Å²) in [6.07, 6.45) is 25.0.